The lowest BCUT2D eigenvalue weighted by molar-refractivity contribution is 0.599. The molecule has 0 saturated heterocycles. The Hall–Kier alpha value is -1.02. The highest BCUT2D eigenvalue weighted by atomic mass is 79.9. The smallest absolute Gasteiger partial charge is 0.265 e. The normalized spacial score (nSPS) is 11.4. The fourth-order valence-electron chi connectivity index (χ4n) is 1.64. The highest BCUT2D eigenvalue weighted by molar-refractivity contribution is 9.10. The van der Waals surface area contributed by atoms with Gasteiger partial charge >= 0.3 is 0 Å². The van der Waals surface area contributed by atoms with E-state index in [9.17, 15) is 12.8 Å². The van der Waals surface area contributed by atoms with Crippen LogP contribution in [0.1, 0.15) is 0 Å². The number of nitrogens with one attached hydrogen (secondary N) is 1. The van der Waals surface area contributed by atoms with Crippen LogP contribution >= 0.6 is 39.1 Å². The highest BCUT2D eigenvalue weighted by Crippen LogP contribution is 2.34. The summed E-state index contributed by atoms with van der Waals surface area (Å²) in [5, 5.41) is 0.0449. The van der Waals surface area contributed by atoms with E-state index in [0.29, 0.717) is 0 Å². The molecule has 0 aliphatic rings. The lowest BCUT2D eigenvalue weighted by Crippen LogP contribution is -2.16. The second-order valence-electron chi connectivity index (χ2n) is 4.01. The van der Waals surface area contributed by atoms with E-state index in [2.05, 4.69) is 20.7 Å². The zero-order chi connectivity index (χ0) is 15.8. The van der Waals surface area contributed by atoms with Crippen LogP contribution in [-0.2, 0) is 10.0 Å². The average molecular weight is 414 g/mol. The van der Waals surface area contributed by atoms with Crippen LogP contribution < -0.4 is 10.5 Å². The molecule has 4 nitrogen and oxygen atoms in total. The summed E-state index contributed by atoms with van der Waals surface area (Å²) < 4.78 is 40.8. The van der Waals surface area contributed by atoms with Gasteiger partial charge in [-0.05, 0) is 40.2 Å². The van der Waals surface area contributed by atoms with Crippen molar-refractivity contribution in [3.63, 3.8) is 0 Å². The van der Waals surface area contributed by atoms with Crippen molar-refractivity contribution in [2.24, 2.45) is 0 Å². The molecule has 3 N–H and O–H groups in total. The molecule has 0 heterocycles. The molecule has 0 aliphatic carbocycles. The quantitative estimate of drug-likeness (QED) is 0.737. The fourth-order valence-corrected chi connectivity index (χ4v) is 4.29. The Kier molecular flexibility index (Phi) is 4.67. The van der Waals surface area contributed by atoms with E-state index < -0.39 is 15.8 Å². The van der Waals surface area contributed by atoms with Gasteiger partial charge in [-0.15, -0.1) is 0 Å². The number of hydrogen-bond donors (Lipinski definition) is 2. The number of benzene rings is 2. The van der Waals surface area contributed by atoms with Crippen molar-refractivity contribution in [1.82, 2.24) is 0 Å². The molecule has 2 aromatic carbocycles. The first kappa shape index (κ1) is 16.4. The number of halogens is 4. The standard InChI is InChI=1S/C12H8BrCl2FN2O2S/c13-7-2-1-3-9(16)11(7)18-21(19,20)12-8(15)4-6(14)5-10(12)17/h1-5,18H,17H2. The maximum absolute atomic E-state index is 13.7. The first-order chi connectivity index (χ1) is 9.72. The molecule has 0 saturated carbocycles. The molecule has 0 atom stereocenters. The topological polar surface area (TPSA) is 72.2 Å². The summed E-state index contributed by atoms with van der Waals surface area (Å²) >= 11 is 14.7. The zero-order valence-electron chi connectivity index (χ0n) is 10.2. The number of nitrogens with two attached hydrogens (primary N) is 1. The molecule has 21 heavy (non-hydrogen) atoms. The molecule has 0 fully saturated rings. The minimum absolute atomic E-state index is 0.132. The van der Waals surface area contributed by atoms with E-state index in [1.54, 1.807) is 0 Å². The van der Waals surface area contributed by atoms with E-state index in [4.69, 9.17) is 28.9 Å². The van der Waals surface area contributed by atoms with Crippen LogP contribution in [0.25, 0.3) is 0 Å². The second-order valence-corrected chi connectivity index (χ2v) is 7.33. The van der Waals surface area contributed by atoms with Crippen LogP contribution in [0.4, 0.5) is 15.8 Å². The van der Waals surface area contributed by atoms with Gasteiger partial charge in [0.25, 0.3) is 10.0 Å². The summed E-state index contributed by atoms with van der Waals surface area (Å²) in [6.07, 6.45) is 0. The minimum Gasteiger partial charge on any atom is -0.398 e. The summed E-state index contributed by atoms with van der Waals surface area (Å²) in [6, 6.07) is 6.53. The average Bonchev–Trinajstić information content (AvgIpc) is 2.32. The Labute approximate surface area is 139 Å². The molecular weight excluding hydrogens is 406 g/mol. The second kappa shape index (κ2) is 6.00. The van der Waals surface area contributed by atoms with Gasteiger partial charge in [-0.25, -0.2) is 12.8 Å². The van der Waals surface area contributed by atoms with Crippen molar-refractivity contribution in [2.45, 2.75) is 4.90 Å². The Balaban J connectivity index is 2.54. The molecule has 0 bridgehead atoms. The minimum atomic E-state index is -4.17. The predicted molar refractivity (Wildman–Crippen MR) is 85.8 cm³/mol. The number of anilines is 2. The number of rotatable bonds is 3. The number of nitrogen functional groups attached to an aromatic ring is 1. The van der Waals surface area contributed by atoms with Crippen molar-refractivity contribution in [1.29, 1.82) is 0 Å². The van der Waals surface area contributed by atoms with Crippen molar-refractivity contribution < 1.29 is 12.8 Å². The summed E-state index contributed by atoms with van der Waals surface area (Å²) in [4.78, 5) is -0.358. The third-order valence-corrected chi connectivity index (χ3v) is 5.26. The maximum Gasteiger partial charge on any atom is 0.265 e. The van der Waals surface area contributed by atoms with Gasteiger partial charge in [0.2, 0.25) is 0 Å². The monoisotopic (exact) mass is 412 g/mol. The summed E-state index contributed by atoms with van der Waals surface area (Å²) in [6.45, 7) is 0. The van der Waals surface area contributed by atoms with Gasteiger partial charge in [0, 0.05) is 9.50 Å². The SMILES string of the molecule is Nc1cc(Cl)cc(Cl)c1S(=O)(=O)Nc1c(F)cccc1Br. The van der Waals surface area contributed by atoms with E-state index in [-0.39, 0.29) is 30.8 Å². The Morgan fingerprint density at radius 1 is 1.24 bits per heavy atom. The first-order valence-electron chi connectivity index (χ1n) is 5.43. The Morgan fingerprint density at radius 3 is 2.48 bits per heavy atom. The van der Waals surface area contributed by atoms with Gasteiger partial charge in [0.15, 0.2) is 0 Å². The van der Waals surface area contributed by atoms with Crippen LogP contribution in [0.15, 0.2) is 39.7 Å². The molecule has 2 aromatic rings. The van der Waals surface area contributed by atoms with Crippen LogP contribution in [0.3, 0.4) is 0 Å². The lowest BCUT2D eigenvalue weighted by atomic mass is 10.3. The number of hydrogen-bond acceptors (Lipinski definition) is 3. The van der Waals surface area contributed by atoms with Crippen molar-refractivity contribution in [3.8, 4) is 0 Å². The van der Waals surface area contributed by atoms with Crippen molar-refractivity contribution in [2.75, 3.05) is 10.5 Å². The van der Waals surface area contributed by atoms with Gasteiger partial charge in [-0.1, -0.05) is 29.3 Å². The van der Waals surface area contributed by atoms with E-state index in [0.717, 1.165) is 6.07 Å². The van der Waals surface area contributed by atoms with Crippen LogP contribution in [0, 0.1) is 5.82 Å². The molecular formula is C12H8BrCl2FN2O2S. The molecule has 0 amide bonds. The van der Waals surface area contributed by atoms with E-state index in [1.165, 1.54) is 24.3 Å². The third-order valence-electron chi connectivity index (χ3n) is 2.51. The summed E-state index contributed by atoms with van der Waals surface area (Å²) in [5.74, 6) is -0.739. The van der Waals surface area contributed by atoms with Crippen LogP contribution in [0.5, 0.6) is 0 Å². The lowest BCUT2D eigenvalue weighted by Gasteiger charge is -2.13. The van der Waals surface area contributed by atoms with Gasteiger partial charge in [0.05, 0.1) is 16.4 Å². The fraction of sp³-hybridized carbons (Fsp3) is 0. The third kappa shape index (κ3) is 3.42. The largest absolute Gasteiger partial charge is 0.398 e. The van der Waals surface area contributed by atoms with Crippen molar-refractivity contribution in [3.05, 3.63) is 50.7 Å². The molecule has 2 rings (SSSR count). The predicted octanol–water partition coefficient (Wildman–Crippen LogP) is 4.28. The summed E-state index contributed by atoms with van der Waals surface area (Å²) in [7, 11) is -4.17. The van der Waals surface area contributed by atoms with Crippen LogP contribution in [0.2, 0.25) is 10.0 Å². The van der Waals surface area contributed by atoms with Crippen LogP contribution in [-0.4, -0.2) is 8.42 Å². The molecule has 9 heteroatoms. The first-order valence-corrected chi connectivity index (χ1v) is 8.47. The molecule has 0 spiro atoms. The zero-order valence-corrected chi connectivity index (χ0v) is 14.1. The van der Waals surface area contributed by atoms with E-state index in [1.807, 2.05) is 0 Å². The molecule has 0 aliphatic heterocycles. The number of para-hydroxylation sites is 1. The highest BCUT2D eigenvalue weighted by Gasteiger charge is 2.24. The Bertz CT molecular complexity index is 772. The molecule has 0 aromatic heterocycles. The van der Waals surface area contributed by atoms with Gasteiger partial charge in [-0.3, -0.25) is 4.72 Å². The summed E-state index contributed by atoms with van der Waals surface area (Å²) in [5.41, 5.74) is 5.28. The van der Waals surface area contributed by atoms with E-state index >= 15 is 0 Å². The van der Waals surface area contributed by atoms with Gasteiger partial charge < -0.3 is 5.73 Å². The van der Waals surface area contributed by atoms with Gasteiger partial charge in [0.1, 0.15) is 10.7 Å². The molecule has 0 radical (unpaired) electrons. The molecule has 0 unspecified atom stereocenters. The van der Waals surface area contributed by atoms with Gasteiger partial charge in [-0.2, -0.15) is 0 Å². The molecule has 112 valence electrons. The Morgan fingerprint density at radius 2 is 1.90 bits per heavy atom. The maximum atomic E-state index is 13.7. The van der Waals surface area contributed by atoms with Crippen molar-refractivity contribution >= 4 is 60.5 Å². The number of sulfonamides is 1.